The Morgan fingerprint density at radius 2 is 2.04 bits per heavy atom. The third-order valence-electron chi connectivity index (χ3n) is 5.57. The Morgan fingerprint density at radius 3 is 2.79 bits per heavy atom. The number of para-hydroxylation sites is 1. The van der Waals surface area contributed by atoms with Gasteiger partial charge < -0.3 is 15.0 Å². The third kappa shape index (κ3) is 3.85. The summed E-state index contributed by atoms with van der Waals surface area (Å²) in [6, 6.07) is 8.23. The summed E-state index contributed by atoms with van der Waals surface area (Å²) in [7, 11) is 1.73. The number of aliphatic imine (C=N–C) groups is 1. The molecule has 1 spiro atoms. The van der Waals surface area contributed by atoms with Gasteiger partial charge in [0.2, 0.25) is 0 Å². The zero-order chi connectivity index (χ0) is 16.8. The van der Waals surface area contributed by atoms with Crippen molar-refractivity contribution in [3.05, 3.63) is 29.8 Å². The van der Waals surface area contributed by atoms with Crippen molar-refractivity contribution in [2.75, 3.05) is 33.3 Å². The molecule has 3 rings (SSSR count). The van der Waals surface area contributed by atoms with Crippen LogP contribution in [-0.2, 0) is 6.42 Å². The summed E-state index contributed by atoms with van der Waals surface area (Å²) in [5.74, 6) is 2.06. The summed E-state index contributed by atoms with van der Waals surface area (Å²) < 4.78 is 5.44. The van der Waals surface area contributed by atoms with Crippen LogP contribution >= 0.6 is 0 Å². The number of ether oxygens (including phenoxy) is 1. The third-order valence-corrected chi connectivity index (χ3v) is 5.57. The van der Waals surface area contributed by atoms with Gasteiger partial charge in [0.1, 0.15) is 5.75 Å². The molecule has 1 saturated heterocycles. The van der Waals surface area contributed by atoms with E-state index in [0.717, 1.165) is 37.8 Å². The summed E-state index contributed by atoms with van der Waals surface area (Å²) in [5, 5.41) is 3.49. The first-order valence-electron chi connectivity index (χ1n) is 9.41. The van der Waals surface area contributed by atoms with Crippen LogP contribution in [0.15, 0.2) is 29.3 Å². The molecular weight excluding hydrogens is 298 g/mol. The number of hydrogen-bond donors (Lipinski definition) is 1. The smallest absolute Gasteiger partial charge is 0.193 e. The van der Waals surface area contributed by atoms with Crippen molar-refractivity contribution in [3.63, 3.8) is 0 Å². The highest BCUT2D eigenvalue weighted by Crippen LogP contribution is 2.45. The van der Waals surface area contributed by atoms with E-state index in [9.17, 15) is 0 Å². The molecule has 0 bridgehead atoms. The summed E-state index contributed by atoms with van der Waals surface area (Å²) >= 11 is 0. The molecule has 2 aliphatic rings. The zero-order valence-electron chi connectivity index (χ0n) is 15.2. The number of likely N-dealkylation sites (tertiary alicyclic amines) is 1. The number of rotatable bonds is 5. The van der Waals surface area contributed by atoms with Crippen LogP contribution in [0, 0.1) is 5.41 Å². The molecule has 1 aliphatic carbocycles. The first-order chi connectivity index (χ1) is 11.8. The van der Waals surface area contributed by atoms with Crippen LogP contribution in [0.3, 0.4) is 0 Å². The Morgan fingerprint density at radius 1 is 1.25 bits per heavy atom. The van der Waals surface area contributed by atoms with Crippen molar-refractivity contribution < 1.29 is 4.74 Å². The molecule has 1 saturated carbocycles. The minimum atomic E-state index is 0.582. The van der Waals surface area contributed by atoms with E-state index in [1.165, 1.54) is 44.2 Å². The highest BCUT2D eigenvalue weighted by Gasteiger charge is 2.41. The Hall–Kier alpha value is -1.71. The molecule has 1 aromatic carbocycles. The van der Waals surface area contributed by atoms with Crippen molar-refractivity contribution in [2.24, 2.45) is 10.4 Å². The maximum absolute atomic E-state index is 5.44. The number of guanidine groups is 1. The lowest BCUT2D eigenvalue weighted by atomic mass is 9.86. The molecule has 1 heterocycles. The van der Waals surface area contributed by atoms with Crippen LogP contribution in [0.1, 0.15) is 44.6 Å². The molecular formula is C20H31N3O. The Bertz CT molecular complexity index is 564. The second kappa shape index (κ2) is 7.91. The van der Waals surface area contributed by atoms with E-state index in [0.29, 0.717) is 5.41 Å². The van der Waals surface area contributed by atoms with Crippen molar-refractivity contribution in [1.29, 1.82) is 0 Å². The molecule has 0 atom stereocenters. The Kier molecular flexibility index (Phi) is 5.64. The lowest BCUT2D eigenvalue weighted by molar-refractivity contribution is 0.309. The SMILES string of the molecule is CCNC(=NCCc1ccccc1OC)N1CCC2(CCCC2)C1. The van der Waals surface area contributed by atoms with E-state index in [2.05, 4.69) is 29.3 Å². The summed E-state index contributed by atoms with van der Waals surface area (Å²) in [5.41, 5.74) is 1.81. The highest BCUT2D eigenvalue weighted by molar-refractivity contribution is 5.80. The van der Waals surface area contributed by atoms with E-state index >= 15 is 0 Å². The van der Waals surface area contributed by atoms with Crippen molar-refractivity contribution >= 4 is 5.96 Å². The molecule has 0 amide bonds. The van der Waals surface area contributed by atoms with Gasteiger partial charge in [-0.15, -0.1) is 0 Å². The lowest BCUT2D eigenvalue weighted by Crippen LogP contribution is -2.41. The molecule has 4 nitrogen and oxygen atoms in total. The number of nitrogens with zero attached hydrogens (tertiary/aromatic N) is 2. The molecule has 1 aliphatic heterocycles. The molecule has 1 N–H and O–H groups in total. The fourth-order valence-corrected chi connectivity index (χ4v) is 4.27. The molecule has 0 aromatic heterocycles. The number of nitrogens with one attached hydrogen (secondary N) is 1. The van der Waals surface area contributed by atoms with Gasteiger partial charge in [-0.05, 0) is 49.7 Å². The van der Waals surface area contributed by atoms with Gasteiger partial charge in [0.15, 0.2) is 5.96 Å². The van der Waals surface area contributed by atoms with Gasteiger partial charge in [-0.1, -0.05) is 31.0 Å². The molecule has 2 fully saturated rings. The van der Waals surface area contributed by atoms with E-state index < -0.39 is 0 Å². The predicted molar refractivity (Wildman–Crippen MR) is 99.8 cm³/mol. The van der Waals surface area contributed by atoms with E-state index in [4.69, 9.17) is 9.73 Å². The van der Waals surface area contributed by atoms with Gasteiger partial charge in [0, 0.05) is 26.2 Å². The van der Waals surface area contributed by atoms with Gasteiger partial charge in [0.05, 0.1) is 7.11 Å². The summed E-state index contributed by atoms with van der Waals surface area (Å²) in [6.45, 7) is 6.22. The van der Waals surface area contributed by atoms with Gasteiger partial charge in [-0.2, -0.15) is 0 Å². The largest absolute Gasteiger partial charge is 0.496 e. The average Bonchev–Trinajstić information content (AvgIpc) is 3.25. The van der Waals surface area contributed by atoms with Gasteiger partial charge in [-0.3, -0.25) is 4.99 Å². The van der Waals surface area contributed by atoms with Crippen LogP contribution in [0.5, 0.6) is 5.75 Å². The van der Waals surface area contributed by atoms with Crippen molar-refractivity contribution in [2.45, 2.75) is 45.4 Å². The van der Waals surface area contributed by atoms with Gasteiger partial charge >= 0.3 is 0 Å². The maximum atomic E-state index is 5.44. The van der Waals surface area contributed by atoms with E-state index in [1.54, 1.807) is 7.11 Å². The van der Waals surface area contributed by atoms with E-state index in [-0.39, 0.29) is 0 Å². The molecule has 0 unspecified atom stereocenters. The van der Waals surface area contributed by atoms with Crippen LogP contribution in [0.25, 0.3) is 0 Å². The van der Waals surface area contributed by atoms with Crippen molar-refractivity contribution in [3.8, 4) is 5.75 Å². The standard InChI is InChI=1S/C20H31N3O/c1-3-21-19(23-15-13-20(16-23)11-6-7-12-20)22-14-10-17-8-4-5-9-18(17)24-2/h4-5,8-9H,3,6-7,10-16H2,1-2H3,(H,21,22). The topological polar surface area (TPSA) is 36.9 Å². The van der Waals surface area contributed by atoms with Crippen LogP contribution in [-0.4, -0.2) is 44.1 Å². The average molecular weight is 329 g/mol. The Labute approximate surface area is 146 Å². The van der Waals surface area contributed by atoms with Gasteiger partial charge in [-0.25, -0.2) is 0 Å². The van der Waals surface area contributed by atoms with Crippen LogP contribution in [0.2, 0.25) is 0 Å². The Balaban J connectivity index is 1.62. The zero-order valence-corrected chi connectivity index (χ0v) is 15.2. The quantitative estimate of drug-likeness (QED) is 0.664. The maximum Gasteiger partial charge on any atom is 0.193 e. The van der Waals surface area contributed by atoms with Crippen LogP contribution < -0.4 is 10.1 Å². The number of methoxy groups -OCH3 is 1. The predicted octanol–water partition coefficient (Wildman–Crippen LogP) is 3.47. The molecule has 24 heavy (non-hydrogen) atoms. The minimum Gasteiger partial charge on any atom is -0.496 e. The first-order valence-corrected chi connectivity index (χ1v) is 9.41. The molecule has 0 radical (unpaired) electrons. The molecule has 4 heteroatoms. The first kappa shape index (κ1) is 17.1. The fraction of sp³-hybridized carbons (Fsp3) is 0.650. The molecule has 132 valence electrons. The fourth-order valence-electron chi connectivity index (χ4n) is 4.27. The highest BCUT2D eigenvalue weighted by atomic mass is 16.5. The van der Waals surface area contributed by atoms with Crippen LogP contribution in [0.4, 0.5) is 0 Å². The molecule has 1 aromatic rings. The summed E-state index contributed by atoms with van der Waals surface area (Å²) in [4.78, 5) is 7.38. The monoisotopic (exact) mass is 329 g/mol. The van der Waals surface area contributed by atoms with E-state index in [1.807, 2.05) is 12.1 Å². The van der Waals surface area contributed by atoms with Gasteiger partial charge in [0.25, 0.3) is 0 Å². The lowest BCUT2D eigenvalue weighted by Gasteiger charge is -2.26. The second-order valence-electron chi connectivity index (χ2n) is 7.18. The summed E-state index contributed by atoms with van der Waals surface area (Å²) in [6.07, 6.45) is 7.89. The van der Waals surface area contributed by atoms with Crippen molar-refractivity contribution in [1.82, 2.24) is 10.2 Å². The minimum absolute atomic E-state index is 0.582. The normalized spacial score (nSPS) is 19.9. The number of hydrogen-bond acceptors (Lipinski definition) is 2. The number of benzene rings is 1. The second-order valence-corrected chi connectivity index (χ2v) is 7.18.